The van der Waals surface area contributed by atoms with Gasteiger partial charge in [0.05, 0.1) is 17.9 Å². The molecule has 1 atom stereocenters. The maximum absolute atomic E-state index is 5.63. The molecule has 1 saturated carbocycles. The molecule has 0 amide bonds. The van der Waals surface area contributed by atoms with Crippen LogP contribution in [0, 0.1) is 0 Å². The summed E-state index contributed by atoms with van der Waals surface area (Å²) in [5.41, 5.74) is -0.0490. The highest BCUT2D eigenvalue weighted by atomic mass is 16.5. The van der Waals surface area contributed by atoms with E-state index >= 15 is 0 Å². The molecule has 1 aliphatic rings. The molecule has 0 bridgehead atoms. The Hall–Kier alpha value is -0.800. The predicted molar refractivity (Wildman–Crippen MR) is 54.1 cm³/mol. The van der Waals surface area contributed by atoms with E-state index in [9.17, 15) is 0 Å². The van der Waals surface area contributed by atoms with E-state index in [-0.39, 0.29) is 11.6 Å². The highest BCUT2D eigenvalue weighted by Gasteiger charge is 2.45. The van der Waals surface area contributed by atoms with Gasteiger partial charge in [-0.3, -0.25) is 0 Å². The fourth-order valence-corrected chi connectivity index (χ4v) is 2.26. The third-order valence-corrected chi connectivity index (χ3v) is 3.25. The van der Waals surface area contributed by atoms with Crippen LogP contribution in [0.4, 0.5) is 0 Å². The molecule has 78 valence electrons. The molecule has 2 rings (SSSR count). The van der Waals surface area contributed by atoms with Crippen LogP contribution in [0.3, 0.4) is 0 Å². The Morgan fingerprint density at radius 1 is 1.57 bits per heavy atom. The Morgan fingerprint density at radius 3 is 2.71 bits per heavy atom. The van der Waals surface area contributed by atoms with E-state index in [0.29, 0.717) is 0 Å². The summed E-state index contributed by atoms with van der Waals surface area (Å²) in [6.45, 7) is 0. The summed E-state index contributed by atoms with van der Waals surface area (Å²) < 4.78 is 11.1. The van der Waals surface area contributed by atoms with Gasteiger partial charge < -0.3 is 14.5 Å². The van der Waals surface area contributed by atoms with Crippen LogP contribution < -0.4 is 5.32 Å². The zero-order valence-electron chi connectivity index (χ0n) is 8.75. The number of hydrogen-bond donors (Lipinski definition) is 1. The minimum absolute atomic E-state index is 0.0490. The lowest BCUT2D eigenvalue weighted by atomic mass is 9.73. The van der Waals surface area contributed by atoms with Crippen LogP contribution in [0.1, 0.15) is 31.1 Å². The molecule has 3 heteroatoms. The molecular weight excluding hydrogens is 178 g/mol. The van der Waals surface area contributed by atoms with E-state index in [1.807, 2.05) is 19.2 Å². The zero-order valence-corrected chi connectivity index (χ0v) is 8.75. The van der Waals surface area contributed by atoms with Gasteiger partial charge in [-0.05, 0) is 38.4 Å². The van der Waals surface area contributed by atoms with Crippen molar-refractivity contribution in [2.24, 2.45) is 0 Å². The monoisotopic (exact) mass is 195 g/mol. The number of likely N-dealkylation sites (N-methyl/N-ethyl adjacent to an activating group) is 1. The van der Waals surface area contributed by atoms with Crippen molar-refractivity contribution in [2.75, 3.05) is 14.2 Å². The molecule has 0 aliphatic heterocycles. The first-order chi connectivity index (χ1) is 6.82. The van der Waals surface area contributed by atoms with Gasteiger partial charge >= 0.3 is 0 Å². The first-order valence-electron chi connectivity index (χ1n) is 5.08. The Balaban J connectivity index is 2.20. The Bertz CT molecular complexity index is 272. The van der Waals surface area contributed by atoms with Crippen LogP contribution in [0.5, 0.6) is 0 Å². The van der Waals surface area contributed by atoms with E-state index in [1.165, 1.54) is 6.42 Å². The lowest BCUT2D eigenvalue weighted by Gasteiger charge is -2.45. The number of nitrogens with one attached hydrogen (secondary N) is 1. The molecule has 0 saturated heterocycles. The van der Waals surface area contributed by atoms with Gasteiger partial charge in [-0.15, -0.1) is 0 Å². The minimum atomic E-state index is -0.0490. The topological polar surface area (TPSA) is 34.4 Å². The number of furan rings is 1. The quantitative estimate of drug-likeness (QED) is 0.799. The van der Waals surface area contributed by atoms with Crippen molar-refractivity contribution in [3.63, 3.8) is 0 Å². The predicted octanol–water partition coefficient (Wildman–Crippen LogP) is 2.11. The Kier molecular flexibility index (Phi) is 2.61. The first kappa shape index (κ1) is 9.74. The molecule has 1 aromatic heterocycles. The van der Waals surface area contributed by atoms with Crippen LogP contribution in [-0.2, 0) is 4.74 Å². The van der Waals surface area contributed by atoms with Crippen molar-refractivity contribution in [3.05, 3.63) is 24.2 Å². The van der Waals surface area contributed by atoms with Crippen molar-refractivity contribution in [2.45, 2.75) is 30.9 Å². The number of ether oxygens (including phenoxy) is 1. The van der Waals surface area contributed by atoms with Crippen molar-refractivity contribution in [3.8, 4) is 0 Å². The molecule has 1 fully saturated rings. The first-order valence-corrected chi connectivity index (χ1v) is 5.08. The van der Waals surface area contributed by atoms with E-state index in [2.05, 4.69) is 5.32 Å². The van der Waals surface area contributed by atoms with E-state index < -0.39 is 0 Å². The van der Waals surface area contributed by atoms with Gasteiger partial charge in [-0.1, -0.05) is 0 Å². The molecule has 1 N–H and O–H groups in total. The van der Waals surface area contributed by atoms with Gasteiger partial charge in [0.2, 0.25) is 0 Å². The summed E-state index contributed by atoms with van der Waals surface area (Å²) in [7, 11) is 3.73. The maximum Gasteiger partial charge on any atom is 0.123 e. The molecule has 0 radical (unpaired) electrons. The second-order valence-electron chi connectivity index (χ2n) is 3.86. The van der Waals surface area contributed by atoms with E-state index in [4.69, 9.17) is 9.15 Å². The van der Waals surface area contributed by atoms with Crippen molar-refractivity contribution in [1.82, 2.24) is 5.32 Å². The normalized spacial score (nSPS) is 21.6. The highest BCUT2D eigenvalue weighted by Crippen LogP contribution is 2.44. The number of methoxy groups -OCH3 is 1. The van der Waals surface area contributed by atoms with Crippen LogP contribution >= 0.6 is 0 Å². The van der Waals surface area contributed by atoms with Crippen LogP contribution in [-0.4, -0.2) is 19.8 Å². The third-order valence-electron chi connectivity index (χ3n) is 3.25. The molecule has 0 spiro atoms. The number of rotatable bonds is 4. The molecule has 1 heterocycles. The van der Waals surface area contributed by atoms with Crippen molar-refractivity contribution in [1.29, 1.82) is 0 Å². The molecule has 1 unspecified atom stereocenters. The van der Waals surface area contributed by atoms with Gasteiger partial charge in [-0.2, -0.15) is 0 Å². The number of hydrogen-bond acceptors (Lipinski definition) is 3. The lowest BCUT2D eigenvalue weighted by molar-refractivity contribution is -0.102. The summed E-state index contributed by atoms with van der Waals surface area (Å²) in [5.74, 6) is 0.967. The minimum Gasteiger partial charge on any atom is -0.468 e. The summed E-state index contributed by atoms with van der Waals surface area (Å²) in [6, 6.07) is 4.10. The average molecular weight is 195 g/mol. The Labute approximate surface area is 84.4 Å². The molecule has 3 nitrogen and oxygen atoms in total. The standard InChI is InChI=1S/C11H17NO2/c1-12-10(9-5-3-8-14-9)11(13-2)6-4-7-11/h3,5,8,10,12H,4,6-7H2,1-2H3. The molecule has 1 aliphatic carbocycles. The highest BCUT2D eigenvalue weighted by molar-refractivity contribution is 5.13. The second-order valence-corrected chi connectivity index (χ2v) is 3.86. The molecule has 0 aromatic carbocycles. The van der Waals surface area contributed by atoms with Crippen molar-refractivity contribution < 1.29 is 9.15 Å². The van der Waals surface area contributed by atoms with Crippen LogP contribution in [0.25, 0.3) is 0 Å². The molecular formula is C11H17NO2. The summed E-state index contributed by atoms with van der Waals surface area (Å²) in [4.78, 5) is 0. The average Bonchev–Trinajstić information content (AvgIpc) is 2.63. The van der Waals surface area contributed by atoms with Gasteiger partial charge in [-0.25, -0.2) is 0 Å². The van der Waals surface area contributed by atoms with E-state index in [0.717, 1.165) is 18.6 Å². The van der Waals surface area contributed by atoms with E-state index in [1.54, 1.807) is 13.4 Å². The molecule has 14 heavy (non-hydrogen) atoms. The van der Waals surface area contributed by atoms with Crippen LogP contribution in [0.15, 0.2) is 22.8 Å². The van der Waals surface area contributed by atoms with Gasteiger partial charge in [0.25, 0.3) is 0 Å². The summed E-state index contributed by atoms with van der Waals surface area (Å²) in [6.07, 6.45) is 5.17. The fourth-order valence-electron chi connectivity index (χ4n) is 2.26. The summed E-state index contributed by atoms with van der Waals surface area (Å²) in [5, 5.41) is 3.28. The largest absolute Gasteiger partial charge is 0.468 e. The summed E-state index contributed by atoms with van der Waals surface area (Å²) >= 11 is 0. The smallest absolute Gasteiger partial charge is 0.123 e. The van der Waals surface area contributed by atoms with Crippen molar-refractivity contribution >= 4 is 0 Å². The lowest BCUT2D eigenvalue weighted by Crippen LogP contribution is -2.49. The SMILES string of the molecule is CNC(c1ccco1)C1(OC)CCC1. The maximum atomic E-state index is 5.63. The van der Waals surface area contributed by atoms with Crippen LogP contribution in [0.2, 0.25) is 0 Å². The van der Waals surface area contributed by atoms with Gasteiger partial charge in [0.15, 0.2) is 0 Å². The zero-order chi connectivity index (χ0) is 10.0. The molecule has 1 aromatic rings. The second kappa shape index (κ2) is 3.75. The van der Waals surface area contributed by atoms with Gasteiger partial charge in [0, 0.05) is 7.11 Å². The fraction of sp³-hybridized carbons (Fsp3) is 0.636. The Morgan fingerprint density at radius 2 is 2.36 bits per heavy atom. The third kappa shape index (κ3) is 1.37. The van der Waals surface area contributed by atoms with Gasteiger partial charge in [0.1, 0.15) is 5.76 Å².